The number of rotatable bonds is 8. The van der Waals surface area contributed by atoms with Gasteiger partial charge in [-0.1, -0.05) is 12.1 Å². The van der Waals surface area contributed by atoms with Crippen molar-refractivity contribution in [1.82, 2.24) is 5.09 Å². The minimum Gasteiger partial charge on any atom is -0.258 e. The molecule has 1 atom stereocenters. The minimum absolute atomic E-state index is 0.0846. The molecule has 0 heterocycles. The van der Waals surface area contributed by atoms with Crippen LogP contribution in [0.1, 0.15) is 19.4 Å². The second-order valence-electron chi connectivity index (χ2n) is 3.77. The molecule has 1 N–H and O–H groups in total. The van der Waals surface area contributed by atoms with Gasteiger partial charge in [0.05, 0.1) is 11.1 Å². The first-order chi connectivity index (χ1) is 9.52. The van der Waals surface area contributed by atoms with E-state index in [-0.39, 0.29) is 5.69 Å². The Kier molecular flexibility index (Phi) is 7.22. The molecule has 0 saturated carbocycles. The summed E-state index contributed by atoms with van der Waals surface area (Å²) in [7, 11) is -1.85. The summed E-state index contributed by atoms with van der Waals surface area (Å²) in [6.45, 7) is 4.05. The van der Waals surface area contributed by atoms with Crippen LogP contribution in [0.4, 0.5) is 5.69 Å². The molecule has 0 aliphatic carbocycles. The van der Waals surface area contributed by atoms with Crippen molar-refractivity contribution in [2.24, 2.45) is 0 Å². The Morgan fingerprint density at radius 3 is 2.70 bits per heavy atom. The lowest BCUT2D eigenvalue weighted by Crippen LogP contribution is -1.95. The SMILES string of the molecule is CCO[P+](=O)NC=C(C)SCc1ccc([N+](=O)[O-])cc1. The highest BCUT2D eigenvalue weighted by atomic mass is 32.2. The van der Waals surface area contributed by atoms with Crippen LogP contribution in [0.2, 0.25) is 0 Å². The van der Waals surface area contributed by atoms with Crippen LogP contribution in [0.15, 0.2) is 35.4 Å². The second kappa shape index (κ2) is 8.68. The van der Waals surface area contributed by atoms with E-state index in [9.17, 15) is 14.7 Å². The van der Waals surface area contributed by atoms with E-state index in [1.165, 1.54) is 12.1 Å². The first kappa shape index (κ1) is 16.6. The van der Waals surface area contributed by atoms with Crippen molar-refractivity contribution >= 4 is 25.6 Å². The molecule has 8 heteroatoms. The third-order valence-electron chi connectivity index (χ3n) is 2.23. The zero-order valence-electron chi connectivity index (χ0n) is 11.2. The average molecular weight is 315 g/mol. The number of nitrogens with zero attached hydrogens (tertiary/aromatic N) is 1. The highest BCUT2D eigenvalue weighted by molar-refractivity contribution is 8.02. The lowest BCUT2D eigenvalue weighted by molar-refractivity contribution is -0.384. The molecular formula is C12H16N2O4PS+. The van der Waals surface area contributed by atoms with Crippen molar-refractivity contribution in [2.45, 2.75) is 19.6 Å². The van der Waals surface area contributed by atoms with Crippen molar-refractivity contribution in [2.75, 3.05) is 6.61 Å². The van der Waals surface area contributed by atoms with Crippen molar-refractivity contribution in [3.05, 3.63) is 51.0 Å². The average Bonchev–Trinajstić information content (AvgIpc) is 2.43. The summed E-state index contributed by atoms with van der Waals surface area (Å²) in [4.78, 5) is 11.1. The number of nitrogens with one attached hydrogen (secondary N) is 1. The molecular weight excluding hydrogens is 299 g/mol. The number of nitro groups is 1. The molecule has 0 bridgehead atoms. The van der Waals surface area contributed by atoms with Gasteiger partial charge in [-0.25, -0.2) is 0 Å². The fourth-order valence-corrected chi connectivity index (χ4v) is 2.68. The zero-order valence-corrected chi connectivity index (χ0v) is 12.9. The van der Waals surface area contributed by atoms with Crippen LogP contribution in [0, 0.1) is 10.1 Å². The topological polar surface area (TPSA) is 81.5 Å². The molecule has 0 spiro atoms. The van der Waals surface area contributed by atoms with Crippen LogP contribution in [-0.4, -0.2) is 11.5 Å². The fraction of sp³-hybridized carbons (Fsp3) is 0.333. The third-order valence-corrected chi connectivity index (χ3v) is 4.12. The van der Waals surface area contributed by atoms with Crippen molar-refractivity contribution in [3.63, 3.8) is 0 Å². The van der Waals surface area contributed by atoms with Crippen LogP contribution in [0.5, 0.6) is 0 Å². The summed E-state index contributed by atoms with van der Waals surface area (Å²) < 4.78 is 16.1. The molecule has 0 fully saturated rings. The lowest BCUT2D eigenvalue weighted by Gasteiger charge is -2.01. The predicted octanol–water partition coefficient (Wildman–Crippen LogP) is 3.97. The normalized spacial score (nSPS) is 12.1. The van der Waals surface area contributed by atoms with Gasteiger partial charge >= 0.3 is 8.18 Å². The van der Waals surface area contributed by atoms with Gasteiger partial charge in [-0.15, -0.1) is 16.3 Å². The van der Waals surface area contributed by atoms with Gasteiger partial charge in [-0.2, -0.15) is 5.09 Å². The third kappa shape index (κ3) is 6.14. The van der Waals surface area contributed by atoms with E-state index < -0.39 is 13.1 Å². The largest absolute Gasteiger partial charge is 0.642 e. The molecule has 1 aromatic rings. The first-order valence-corrected chi connectivity index (χ1v) is 8.08. The molecule has 108 valence electrons. The Balaban J connectivity index is 2.44. The fourth-order valence-electron chi connectivity index (χ4n) is 1.25. The lowest BCUT2D eigenvalue weighted by atomic mass is 10.2. The molecule has 0 aliphatic heterocycles. The van der Waals surface area contributed by atoms with E-state index in [1.54, 1.807) is 37.0 Å². The number of benzene rings is 1. The number of non-ortho nitro benzene ring substituents is 1. The summed E-state index contributed by atoms with van der Waals surface area (Å²) in [5.41, 5.74) is 1.07. The maximum atomic E-state index is 11.2. The summed E-state index contributed by atoms with van der Waals surface area (Å²) in [6.07, 6.45) is 1.64. The van der Waals surface area contributed by atoms with Crippen molar-refractivity contribution < 1.29 is 14.0 Å². The number of hydrogen-bond donors (Lipinski definition) is 1. The Bertz CT molecular complexity index is 505. The highest BCUT2D eigenvalue weighted by Crippen LogP contribution is 2.23. The van der Waals surface area contributed by atoms with Crippen LogP contribution in [0.25, 0.3) is 0 Å². The zero-order chi connectivity index (χ0) is 15.0. The van der Waals surface area contributed by atoms with Crippen molar-refractivity contribution in [3.8, 4) is 0 Å². The molecule has 0 amide bonds. The van der Waals surface area contributed by atoms with E-state index in [4.69, 9.17) is 4.52 Å². The maximum Gasteiger partial charge on any atom is 0.642 e. The maximum absolute atomic E-state index is 11.2. The van der Waals surface area contributed by atoms with Gasteiger partial charge in [0.15, 0.2) is 0 Å². The molecule has 6 nitrogen and oxygen atoms in total. The van der Waals surface area contributed by atoms with Gasteiger partial charge in [0.25, 0.3) is 5.69 Å². The molecule has 0 saturated heterocycles. The van der Waals surface area contributed by atoms with E-state index in [1.807, 2.05) is 6.92 Å². The molecule has 0 aromatic heterocycles. The van der Waals surface area contributed by atoms with Crippen LogP contribution < -0.4 is 5.09 Å². The molecule has 0 aliphatic rings. The van der Waals surface area contributed by atoms with E-state index in [2.05, 4.69) is 5.09 Å². The Labute approximate surface area is 122 Å². The minimum atomic E-state index is -1.85. The number of nitro benzene ring substituents is 1. The first-order valence-electron chi connectivity index (χ1n) is 5.92. The summed E-state index contributed by atoms with van der Waals surface area (Å²) >= 11 is 1.55. The van der Waals surface area contributed by atoms with Gasteiger partial charge < -0.3 is 0 Å². The molecule has 0 radical (unpaired) electrons. The molecule has 20 heavy (non-hydrogen) atoms. The molecule has 1 unspecified atom stereocenters. The van der Waals surface area contributed by atoms with Crippen LogP contribution >= 0.6 is 19.9 Å². The summed E-state index contributed by atoms with van der Waals surface area (Å²) in [5, 5.41) is 13.2. The van der Waals surface area contributed by atoms with Crippen LogP contribution in [0.3, 0.4) is 0 Å². The van der Waals surface area contributed by atoms with Gasteiger partial charge in [0.2, 0.25) is 0 Å². The second-order valence-corrected chi connectivity index (χ2v) is 6.02. The van der Waals surface area contributed by atoms with E-state index in [0.717, 1.165) is 10.5 Å². The van der Waals surface area contributed by atoms with E-state index in [0.29, 0.717) is 12.4 Å². The van der Waals surface area contributed by atoms with Gasteiger partial charge in [-0.05, 0) is 24.0 Å². The van der Waals surface area contributed by atoms with E-state index >= 15 is 0 Å². The van der Waals surface area contributed by atoms with Crippen LogP contribution in [-0.2, 0) is 14.8 Å². The number of thioether (sulfide) groups is 1. The Hall–Kier alpha value is -1.43. The van der Waals surface area contributed by atoms with Gasteiger partial charge in [0.1, 0.15) is 6.61 Å². The Morgan fingerprint density at radius 2 is 2.15 bits per heavy atom. The van der Waals surface area contributed by atoms with Gasteiger partial charge in [0, 0.05) is 22.8 Å². The quantitative estimate of drug-likeness (QED) is 0.444. The summed E-state index contributed by atoms with van der Waals surface area (Å²) in [5.74, 6) is 0.688. The highest BCUT2D eigenvalue weighted by Gasteiger charge is 2.13. The smallest absolute Gasteiger partial charge is 0.258 e. The molecule has 1 rings (SSSR count). The Morgan fingerprint density at radius 1 is 1.50 bits per heavy atom. The molecule has 1 aromatic carbocycles. The number of hydrogen-bond acceptors (Lipinski definition) is 5. The van der Waals surface area contributed by atoms with Gasteiger partial charge in [-0.3, -0.25) is 10.1 Å². The predicted molar refractivity (Wildman–Crippen MR) is 80.5 cm³/mol. The standard InChI is InChI=1S/C12H16N2O4PS/c1-3-18-19(17)13-8-10(2)20-9-11-4-6-12(7-5-11)14(15)16/h4-8H,3,9H2,1-2H3,(H,13,17)/q+1. The van der Waals surface area contributed by atoms with Crippen molar-refractivity contribution in [1.29, 1.82) is 0 Å². The monoisotopic (exact) mass is 315 g/mol. The number of allylic oxidation sites excluding steroid dienone is 1. The summed E-state index contributed by atoms with van der Waals surface area (Å²) in [6, 6.07) is 6.43.